The number of aromatic nitrogens is 1. The van der Waals surface area contributed by atoms with Crippen LogP contribution >= 0.6 is 0 Å². The van der Waals surface area contributed by atoms with Gasteiger partial charge in [-0.25, -0.2) is 9.37 Å². The first-order chi connectivity index (χ1) is 9.35. The highest BCUT2D eigenvalue weighted by Crippen LogP contribution is 2.17. The summed E-state index contributed by atoms with van der Waals surface area (Å²) < 4.78 is 13.4. The van der Waals surface area contributed by atoms with E-state index in [9.17, 15) is 4.39 Å². The molecule has 2 N–H and O–H groups in total. The lowest BCUT2D eigenvalue weighted by Gasteiger charge is -2.22. The standard InChI is InChI=1S/C16H28FN3/c1-6-12(7-2)9-18-15-13(8-14(17)11-19-15)10-20-16(3,4)5/h8,11-12,20H,6-7,9-10H2,1-5H3,(H,18,19). The number of hydrogen-bond donors (Lipinski definition) is 2. The summed E-state index contributed by atoms with van der Waals surface area (Å²) in [5.74, 6) is 1.13. The van der Waals surface area contributed by atoms with Gasteiger partial charge >= 0.3 is 0 Å². The molecule has 0 aliphatic heterocycles. The van der Waals surface area contributed by atoms with Gasteiger partial charge in [-0.1, -0.05) is 26.7 Å². The van der Waals surface area contributed by atoms with Crippen LogP contribution in [0.3, 0.4) is 0 Å². The molecule has 4 heteroatoms. The van der Waals surface area contributed by atoms with Crippen molar-refractivity contribution in [2.24, 2.45) is 5.92 Å². The fraction of sp³-hybridized carbons (Fsp3) is 0.688. The molecular formula is C16H28FN3. The molecule has 0 aliphatic rings. The Balaban J connectivity index is 2.74. The van der Waals surface area contributed by atoms with Crippen molar-refractivity contribution < 1.29 is 4.39 Å². The second-order valence-electron chi connectivity index (χ2n) is 6.33. The summed E-state index contributed by atoms with van der Waals surface area (Å²) in [6.45, 7) is 12.2. The Labute approximate surface area is 122 Å². The van der Waals surface area contributed by atoms with Crippen molar-refractivity contribution >= 4 is 5.82 Å². The second-order valence-corrected chi connectivity index (χ2v) is 6.33. The molecule has 0 aliphatic carbocycles. The van der Waals surface area contributed by atoms with E-state index >= 15 is 0 Å². The topological polar surface area (TPSA) is 37.0 Å². The predicted octanol–water partition coefficient (Wildman–Crippen LogP) is 3.96. The van der Waals surface area contributed by atoms with Crippen LogP contribution in [0.2, 0.25) is 0 Å². The van der Waals surface area contributed by atoms with Gasteiger partial charge in [0.2, 0.25) is 0 Å². The number of halogens is 1. The summed E-state index contributed by atoms with van der Waals surface area (Å²) in [5, 5.41) is 6.74. The average molecular weight is 281 g/mol. The summed E-state index contributed by atoms with van der Waals surface area (Å²) in [7, 11) is 0. The van der Waals surface area contributed by atoms with Gasteiger partial charge in [-0.15, -0.1) is 0 Å². The molecular weight excluding hydrogens is 253 g/mol. The van der Waals surface area contributed by atoms with Crippen molar-refractivity contribution in [2.45, 2.75) is 59.5 Å². The van der Waals surface area contributed by atoms with E-state index in [1.54, 1.807) is 6.07 Å². The number of pyridine rings is 1. The van der Waals surface area contributed by atoms with Gasteiger partial charge in [0.1, 0.15) is 11.6 Å². The molecule has 0 spiro atoms. The molecule has 0 aromatic carbocycles. The molecule has 0 bridgehead atoms. The van der Waals surface area contributed by atoms with Crippen LogP contribution in [0.15, 0.2) is 12.3 Å². The molecule has 0 saturated carbocycles. The number of rotatable bonds is 7. The summed E-state index contributed by atoms with van der Waals surface area (Å²) in [4.78, 5) is 4.19. The van der Waals surface area contributed by atoms with Crippen LogP contribution in [0.25, 0.3) is 0 Å². The minimum absolute atomic E-state index is 0.00103. The lowest BCUT2D eigenvalue weighted by molar-refractivity contribution is 0.423. The fourth-order valence-electron chi connectivity index (χ4n) is 1.95. The Morgan fingerprint density at radius 2 is 1.90 bits per heavy atom. The minimum atomic E-state index is -0.288. The van der Waals surface area contributed by atoms with Gasteiger partial charge in [-0.2, -0.15) is 0 Å². The van der Waals surface area contributed by atoms with Gasteiger partial charge in [0, 0.05) is 24.2 Å². The molecule has 0 fully saturated rings. The lowest BCUT2D eigenvalue weighted by atomic mass is 10.0. The second kappa shape index (κ2) is 7.58. The van der Waals surface area contributed by atoms with Crippen LogP contribution < -0.4 is 10.6 Å². The van der Waals surface area contributed by atoms with Crippen LogP contribution in [0.1, 0.15) is 53.0 Å². The van der Waals surface area contributed by atoms with Crippen molar-refractivity contribution in [3.8, 4) is 0 Å². The van der Waals surface area contributed by atoms with E-state index in [0.717, 1.165) is 30.8 Å². The van der Waals surface area contributed by atoms with Crippen LogP contribution in [0, 0.1) is 11.7 Å². The highest BCUT2D eigenvalue weighted by molar-refractivity contribution is 5.44. The SMILES string of the molecule is CCC(CC)CNc1ncc(F)cc1CNC(C)(C)C. The third kappa shape index (κ3) is 5.87. The maximum absolute atomic E-state index is 13.4. The molecule has 1 heterocycles. The first kappa shape index (κ1) is 16.9. The molecule has 20 heavy (non-hydrogen) atoms. The van der Waals surface area contributed by atoms with Crippen molar-refractivity contribution in [1.29, 1.82) is 0 Å². The van der Waals surface area contributed by atoms with E-state index in [-0.39, 0.29) is 11.4 Å². The molecule has 0 amide bonds. The zero-order valence-electron chi connectivity index (χ0n) is 13.4. The smallest absolute Gasteiger partial charge is 0.141 e. The van der Waals surface area contributed by atoms with Crippen LogP contribution in [-0.4, -0.2) is 17.1 Å². The van der Waals surface area contributed by atoms with Crippen LogP contribution in [-0.2, 0) is 6.54 Å². The van der Waals surface area contributed by atoms with Gasteiger partial charge in [0.05, 0.1) is 6.20 Å². The van der Waals surface area contributed by atoms with E-state index in [1.165, 1.54) is 6.20 Å². The van der Waals surface area contributed by atoms with Crippen molar-refractivity contribution in [3.05, 3.63) is 23.6 Å². The maximum atomic E-state index is 13.4. The summed E-state index contributed by atoms with van der Waals surface area (Å²) in [6.07, 6.45) is 3.55. The highest BCUT2D eigenvalue weighted by atomic mass is 19.1. The zero-order valence-corrected chi connectivity index (χ0v) is 13.4. The predicted molar refractivity (Wildman–Crippen MR) is 83.3 cm³/mol. The van der Waals surface area contributed by atoms with Gasteiger partial charge < -0.3 is 10.6 Å². The Hall–Kier alpha value is -1.16. The molecule has 114 valence electrons. The molecule has 0 radical (unpaired) electrons. The first-order valence-electron chi connectivity index (χ1n) is 7.49. The van der Waals surface area contributed by atoms with E-state index in [4.69, 9.17) is 0 Å². The number of nitrogens with one attached hydrogen (secondary N) is 2. The highest BCUT2D eigenvalue weighted by Gasteiger charge is 2.12. The monoisotopic (exact) mass is 281 g/mol. The van der Waals surface area contributed by atoms with Crippen molar-refractivity contribution in [1.82, 2.24) is 10.3 Å². The Morgan fingerprint density at radius 3 is 2.45 bits per heavy atom. The molecule has 0 saturated heterocycles. The molecule has 0 unspecified atom stereocenters. The third-order valence-corrected chi connectivity index (χ3v) is 3.46. The van der Waals surface area contributed by atoms with Crippen LogP contribution in [0.5, 0.6) is 0 Å². The molecule has 1 aromatic rings. The van der Waals surface area contributed by atoms with Crippen LogP contribution in [0.4, 0.5) is 10.2 Å². The quantitative estimate of drug-likeness (QED) is 0.794. The third-order valence-electron chi connectivity index (χ3n) is 3.46. The summed E-state index contributed by atoms with van der Waals surface area (Å²) in [6, 6.07) is 1.56. The Morgan fingerprint density at radius 1 is 1.25 bits per heavy atom. The molecule has 0 atom stereocenters. The van der Waals surface area contributed by atoms with E-state index in [1.807, 2.05) is 0 Å². The van der Waals surface area contributed by atoms with Gasteiger partial charge in [0.25, 0.3) is 0 Å². The van der Waals surface area contributed by atoms with Gasteiger partial charge in [-0.05, 0) is 32.8 Å². The Bertz CT molecular complexity index is 409. The molecule has 3 nitrogen and oxygen atoms in total. The largest absolute Gasteiger partial charge is 0.370 e. The van der Waals surface area contributed by atoms with Gasteiger partial charge in [0.15, 0.2) is 0 Å². The van der Waals surface area contributed by atoms with Gasteiger partial charge in [-0.3, -0.25) is 0 Å². The maximum Gasteiger partial charge on any atom is 0.141 e. The van der Waals surface area contributed by atoms with E-state index in [0.29, 0.717) is 12.5 Å². The molecule has 1 aromatic heterocycles. The summed E-state index contributed by atoms with van der Waals surface area (Å²) in [5.41, 5.74) is 0.879. The zero-order chi connectivity index (χ0) is 15.2. The average Bonchev–Trinajstić information content (AvgIpc) is 2.38. The summed E-state index contributed by atoms with van der Waals surface area (Å²) >= 11 is 0. The lowest BCUT2D eigenvalue weighted by Crippen LogP contribution is -2.35. The Kier molecular flexibility index (Phi) is 6.40. The normalized spacial score (nSPS) is 11.9. The first-order valence-corrected chi connectivity index (χ1v) is 7.49. The minimum Gasteiger partial charge on any atom is -0.370 e. The van der Waals surface area contributed by atoms with Crippen molar-refractivity contribution in [2.75, 3.05) is 11.9 Å². The number of nitrogens with zero attached hydrogens (tertiary/aromatic N) is 1. The van der Waals surface area contributed by atoms with E-state index in [2.05, 4.69) is 50.2 Å². The number of anilines is 1. The van der Waals surface area contributed by atoms with Crippen molar-refractivity contribution in [3.63, 3.8) is 0 Å². The van der Waals surface area contributed by atoms with E-state index < -0.39 is 0 Å². The number of hydrogen-bond acceptors (Lipinski definition) is 3. The fourth-order valence-corrected chi connectivity index (χ4v) is 1.95. The molecule has 1 rings (SSSR count).